The maximum absolute atomic E-state index is 13.6. The second kappa shape index (κ2) is 13.7. The second-order valence-corrected chi connectivity index (χ2v) is 13.3. The number of methoxy groups -OCH3 is 1. The molecule has 3 atom stereocenters. The molecule has 0 radical (unpaired) electrons. The highest BCUT2D eigenvalue weighted by Crippen LogP contribution is 2.40. The lowest BCUT2D eigenvalue weighted by Gasteiger charge is -2.39. The SMILES string of the molecule is COc1cccc2c(C(=O)NCc3ccc(Cl)c(Cl)c3)cn(CCCN3[C@@H]4CC[C@H]3CC(CC(=O)c3ccc(F)c(Cl)c3)C4)c12. The van der Waals surface area contributed by atoms with Gasteiger partial charge in [-0.05, 0) is 80.0 Å². The first-order chi connectivity index (χ1) is 21.7. The number of aryl methyl sites for hydroxylation is 1. The van der Waals surface area contributed by atoms with Crippen LogP contribution in [0.1, 0.15) is 64.8 Å². The van der Waals surface area contributed by atoms with Gasteiger partial charge < -0.3 is 14.6 Å². The van der Waals surface area contributed by atoms with Gasteiger partial charge in [0.15, 0.2) is 5.78 Å². The summed E-state index contributed by atoms with van der Waals surface area (Å²) in [5, 5.41) is 4.77. The van der Waals surface area contributed by atoms with E-state index < -0.39 is 5.82 Å². The number of carbonyl (C=O) groups excluding carboxylic acids is 2. The first kappa shape index (κ1) is 31.9. The van der Waals surface area contributed by atoms with Crippen molar-refractivity contribution in [3.8, 4) is 5.75 Å². The molecule has 2 aliphatic rings. The summed E-state index contributed by atoms with van der Waals surface area (Å²) in [6.45, 7) is 2.01. The van der Waals surface area contributed by atoms with Gasteiger partial charge in [-0.15, -0.1) is 0 Å². The quantitative estimate of drug-likeness (QED) is 0.162. The number of amides is 1. The Balaban J connectivity index is 1.09. The molecule has 1 aromatic heterocycles. The number of piperidine rings is 1. The van der Waals surface area contributed by atoms with Crippen molar-refractivity contribution in [1.82, 2.24) is 14.8 Å². The smallest absolute Gasteiger partial charge is 0.253 e. The van der Waals surface area contributed by atoms with E-state index in [1.807, 2.05) is 30.5 Å². The molecule has 0 saturated carbocycles. The Morgan fingerprint density at radius 3 is 2.44 bits per heavy atom. The highest BCUT2D eigenvalue weighted by atomic mass is 35.5. The lowest BCUT2D eigenvalue weighted by Crippen LogP contribution is -2.43. The molecule has 1 amide bonds. The van der Waals surface area contributed by atoms with Crippen LogP contribution < -0.4 is 10.1 Å². The van der Waals surface area contributed by atoms with Crippen LogP contribution in [-0.2, 0) is 13.1 Å². The maximum Gasteiger partial charge on any atom is 0.253 e. The Hall–Kier alpha value is -3.10. The van der Waals surface area contributed by atoms with Crippen LogP contribution in [0.15, 0.2) is 60.8 Å². The van der Waals surface area contributed by atoms with Gasteiger partial charge >= 0.3 is 0 Å². The molecule has 236 valence electrons. The molecule has 0 spiro atoms. The zero-order valence-electron chi connectivity index (χ0n) is 25.0. The Morgan fingerprint density at radius 2 is 1.73 bits per heavy atom. The number of rotatable bonds is 11. The first-order valence-electron chi connectivity index (χ1n) is 15.3. The van der Waals surface area contributed by atoms with E-state index in [4.69, 9.17) is 39.5 Å². The number of para-hydroxylation sites is 1. The largest absolute Gasteiger partial charge is 0.495 e. The summed E-state index contributed by atoms with van der Waals surface area (Å²) in [7, 11) is 1.65. The molecule has 10 heteroatoms. The number of ether oxygens (including phenoxy) is 1. The van der Waals surface area contributed by atoms with Gasteiger partial charge in [0.2, 0.25) is 0 Å². The number of aromatic nitrogens is 1. The molecule has 3 aromatic carbocycles. The Labute approximate surface area is 277 Å². The maximum atomic E-state index is 13.6. The van der Waals surface area contributed by atoms with Gasteiger partial charge in [0.1, 0.15) is 11.6 Å². The van der Waals surface area contributed by atoms with Crippen molar-refractivity contribution in [2.45, 2.75) is 63.7 Å². The number of ketones is 1. The number of halogens is 4. The fourth-order valence-electron chi connectivity index (χ4n) is 7.17. The molecule has 45 heavy (non-hydrogen) atoms. The fraction of sp³-hybridized carbons (Fsp3) is 0.371. The monoisotopic (exact) mass is 669 g/mol. The van der Waals surface area contributed by atoms with Crippen molar-refractivity contribution in [3.63, 3.8) is 0 Å². The van der Waals surface area contributed by atoms with Crippen molar-refractivity contribution >= 4 is 57.4 Å². The van der Waals surface area contributed by atoms with Crippen molar-refractivity contribution in [3.05, 3.63) is 98.4 Å². The van der Waals surface area contributed by atoms with Gasteiger partial charge in [-0.2, -0.15) is 0 Å². The zero-order valence-corrected chi connectivity index (χ0v) is 27.3. The molecule has 0 aliphatic carbocycles. The molecule has 6 nitrogen and oxygen atoms in total. The van der Waals surface area contributed by atoms with Crippen LogP contribution in [0.4, 0.5) is 4.39 Å². The number of nitrogens with zero attached hydrogens (tertiary/aromatic N) is 2. The minimum absolute atomic E-state index is 0.0140. The van der Waals surface area contributed by atoms with Crippen LogP contribution >= 0.6 is 34.8 Å². The summed E-state index contributed by atoms with van der Waals surface area (Å²) in [6, 6.07) is 16.2. The predicted octanol–water partition coefficient (Wildman–Crippen LogP) is 8.59. The van der Waals surface area contributed by atoms with Crippen LogP contribution in [0.3, 0.4) is 0 Å². The lowest BCUT2D eigenvalue weighted by molar-refractivity contribution is 0.0807. The van der Waals surface area contributed by atoms with E-state index in [0.29, 0.717) is 52.1 Å². The highest BCUT2D eigenvalue weighted by Gasteiger charge is 2.40. The third kappa shape index (κ3) is 6.87. The molecule has 2 fully saturated rings. The van der Waals surface area contributed by atoms with Gasteiger partial charge in [-0.3, -0.25) is 14.5 Å². The molecule has 2 saturated heterocycles. The van der Waals surface area contributed by atoms with Crippen LogP contribution in [0.5, 0.6) is 5.75 Å². The standard InChI is InChI=1S/C35H35Cl3FN3O3/c1-45-33-5-2-4-26-27(35(44)40-19-21-6-10-28(36)29(37)16-21)20-41(34(26)33)12-3-13-42-24-8-9-25(42)15-22(14-24)17-32(43)23-7-11-31(39)30(38)18-23/h2,4-7,10-11,16,18,20,22,24-25H,3,8-9,12-15,17,19H2,1H3,(H,40,44)/t22?,24-,25+. The summed E-state index contributed by atoms with van der Waals surface area (Å²) in [4.78, 5) is 28.9. The van der Waals surface area contributed by atoms with Crippen molar-refractivity contribution in [1.29, 1.82) is 0 Å². The number of benzene rings is 3. The highest BCUT2D eigenvalue weighted by molar-refractivity contribution is 6.42. The number of carbonyl (C=O) groups is 2. The predicted molar refractivity (Wildman–Crippen MR) is 177 cm³/mol. The summed E-state index contributed by atoms with van der Waals surface area (Å²) >= 11 is 18.1. The molecule has 6 rings (SSSR count). The van der Waals surface area contributed by atoms with Crippen LogP contribution in [0.2, 0.25) is 15.1 Å². The summed E-state index contributed by atoms with van der Waals surface area (Å²) < 4.78 is 21.4. The first-order valence-corrected chi connectivity index (χ1v) is 16.5. The van der Waals surface area contributed by atoms with E-state index in [0.717, 1.165) is 67.4 Å². The summed E-state index contributed by atoms with van der Waals surface area (Å²) in [6.07, 6.45) is 7.56. The van der Waals surface area contributed by atoms with E-state index in [1.54, 1.807) is 19.2 Å². The van der Waals surface area contributed by atoms with Crippen molar-refractivity contribution in [2.75, 3.05) is 13.7 Å². The van der Waals surface area contributed by atoms with Gasteiger partial charge in [-0.1, -0.05) is 53.0 Å². The van der Waals surface area contributed by atoms with Gasteiger partial charge in [0, 0.05) is 55.3 Å². The van der Waals surface area contributed by atoms with Crippen LogP contribution in [0.25, 0.3) is 10.9 Å². The molecule has 3 heterocycles. The minimum atomic E-state index is -0.509. The number of hydrogen-bond acceptors (Lipinski definition) is 4. The van der Waals surface area contributed by atoms with Gasteiger partial charge in [-0.25, -0.2) is 4.39 Å². The van der Waals surface area contributed by atoms with E-state index in [9.17, 15) is 14.0 Å². The van der Waals surface area contributed by atoms with E-state index in [1.165, 1.54) is 18.2 Å². The van der Waals surface area contributed by atoms with E-state index in [2.05, 4.69) is 14.8 Å². The van der Waals surface area contributed by atoms with Crippen molar-refractivity contribution < 1.29 is 18.7 Å². The van der Waals surface area contributed by atoms with E-state index in [-0.39, 0.29) is 16.7 Å². The molecule has 4 aromatic rings. The Bertz CT molecular complexity index is 1730. The van der Waals surface area contributed by atoms with E-state index >= 15 is 0 Å². The topological polar surface area (TPSA) is 63.6 Å². The Kier molecular flexibility index (Phi) is 9.71. The second-order valence-electron chi connectivity index (χ2n) is 12.1. The third-order valence-corrected chi connectivity index (χ3v) is 10.3. The average Bonchev–Trinajstić information content (AvgIpc) is 3.52. The molecule has 2 aliphatic heterocycles. The number of fused-ring (bicyclic) bond motifs is 3. The molecule has 2 bridgehead atoms. The lowest BCUT2D eigenvalue weighted by atomic mass is 9.85. The third-order valence-electron chi connectivity index (χ3n) is 9.28. The van der Waals surface area contributed by atoms with Crippen molar-refractivity contribution in [2.24, 2.45) is 5.92 Å². The zero-order chi connectivity index (χ0) is 31.7. The van der Waals surface area contributed by atoms with Gasteiger partial charge in [0.25, 0.3) is 5.91 Å². The molecule has 1 N–H and O–H groups in total. The minimum Gasteiger partial charge on any atom is -0.495 e. The summed E-state index contributed by atoms with van der Waals surface area (Å²) in [5.74, 6) is 0.391. The summed E-state index contributed by atoms with van der Waals surface area (Å²) in [5.41, 5.74) is 2.84. The van der Waals surface area contributed by atoms with Crippen LogP contribution in [0, 0.1) is 11.7 Å². The number of hydrogen-bond donors (Lipinski definition) is 1. The van der Waals surface area contributed by atoms with Crippen LogP contribution in [-0.4, -0.2) is 46.9 Å². The number of nitrogens with one attached hydrogen (secondary N) is 1. The average molecular weight is 671 g/mol. The molecular weight excluding hydrogens is 636 g/mol. The molecular formula is C35H35Cl3FN3O3. The molecule has 1 unspecified atom stereocenters. The fourth-order valence-corrected chi connectivity index (χ4v) is 7.67. The normalized spacial score (nSPS) is 19.6. The number of Topliss-reactive ketones (excluding diaryl/α,β-unsaturated/α-hetero) is 1. The van der Waals surface area contributed by atoms with Gasteiger partial charge in [0.05, 0.1) is 33.3 Å². The Morgan fingerprint density at radius 1 is 0.956 bits per heavy atom.